The van der Waals surface area contributed by atoms with Crippen LogP contribution in [0.25, 0.3) is 11.3 Å². The van der Waals surface area contributed by atoms with Crippen LogP contribution < -0.4 is 10.4 Å². The maximum absolute atomic E-state index is 12.4. The van der Waals surface area contributed by atoms with Crippen LogP contribution in [0, 0.1) is 0 Å². The Hall–Kier alpha value is -2.63. The summed E-state index contributed by atoms with van der Waals surface area (Å²) in [6.45, 7) is 1.47. The molecule has 1 fully saturated rings. The second-order valence-corrected chi connectivity index (χ2v) is 5.22. The van der Waals surface area contributed by atoms with Gasteiger partial charge in [-0.25, -0.2) is 4.79 Å². The van der Waals surface area contributed by atoms with Crippen molar-refractivity contribution >= 4 is 5.91 Å². The average molecular weight is 299 g/mol. The summed E-state index contributed by atoms with van der Waals surface area (Å²) in [7, 11) is 1.58. The second kappa shape index (κ2) is 6.01. The van der Waals surface area contributed by atoms with Gasteiger partial charge in [0, 0.05) is 18.7 Å². The first-order valence-electron chi connectivity index (χ1n) is 7.22. The van der Waals surface area contributed by atoms with Crippen LogP contribution in [0.5, 0.6) is 5.75 Å². The van der Waals surface area contributed by atoms with Crippen LogP contribution in [0.15, 0.2) is 35.1 Å². The first kappa shape index (κ1) is 14.3. The number of nitrogens with one attached hydrogen (secondary N) is 1. The van der Waals surface area contributed by atoms with Crippen LogP contribution in [-0.4, -0.2) is 41.0 Å². The molecular formula is C16H17N3O3. The molecule has 1 saturated heterocycles. The molecule has 0 radical (unpaired) electrons. The number of hydrogen-bond donors (Lipinski definition) is 1. The Morgan fingerprint density at radius 3 is 2.77 bits per heavy atom. The fourth-order valence-electron chi connectivity index (χ4n) is 2.59. The van der Waals surface area contributed by atoms with Crippen molar-refractivity contribution in [2.24, 2.45) is 0 Å². The lowest BCUT2D eigenvalue weighted by Gasteiger charge is -2.15. The zero-order chi connectivity index (χ0) is 15.5. The van der Waals surface area contributed by atoms with E-state index in [1.807, 2.05) is 18.2 Å². The van der Waals surface area contributed by atoms with E-state index in [1.165, 1.54) is 0 Å². The number of carbonyl (C=O) groups excluding carboxylic acids is 1. The lowest BCUT2D eigenvalue weighted by Crippen LogP contribution is -2.30. The molecule has 1 N–H and O–H groups in total. The molecule has 3 rings (SSSR count). The van der Waals surface area contributed by atoms with Gasteiger partial charge in [-0.05, 0) is 31.0 Å². The number of rotatable bonds is 3. The minimum Gasteiger partial charge on any atom is -0.497 e. The van der Waals surface area contributed by atoms with E-state index in [2.05, 4.69) is 9.97 Å². The van der Waals surface area contributed by atoms with Crippen molar-refractivity contribution in [2.75, 3.05) is 20.2 Å². The molecule has 0 unspecified atom stereocenters. The first-order chi connectivity index (χ1) is 10.7. The largest absolute Gasteiger partial charge is 0.497 e. The number of aromatic nitrogens is 2. The number of methoxy groups -OCH3 is 1. The fourth-order valence-corrected chi connectivity index (χ4v) is 2.59. The average Bonchev–Trinajstić information content (AvgIpc) is 3.08. The highest BCUT2D eigenvalue weighted by Crippen LogP contribution is 2.22. The highest BCUT2D eigenvalue weighted by molar-refractivity contribution is 5.93. The molecule has 1 aromatic heterocycles. The van der Waals surface area contributed by atoms with E-state index in [-0.39, 0.29) is 11.6 Å². The van der Waals surface area contributed by atoms with Gasteiger partial charge in [-0.3, -0.25) is 4.79 Å². The van der Waals surface area contributed by atoms with Gasteiger partial charge in [0.15, 0.2) is 0 Å². The van der Waals surface area contributed by atoms with Gasteiger partial charge in [-0.2, -0.15) is 4.98 Å². The van der Waals surface area contributed by atoms with Crippen LogP contribution in [-0.2, 0) is 0 Å². The van der Waals surface area contributed by atoms with E-state index in [1.54, 1.807) is 24.1 Å². The quantitative estimate of drug-likeness (QED) is 0.935. The first-order valence-corrected chi connectivity index (χ1v) is 7.22. The number of likely N-dealkylation sites (tertiary alicyclic amines) is 1. The number of amides is 1. The normalized spacial score (nSPS) is 14.1. The molecule has 0 aliphatic carbocycles. The summed E-state index contributed by atoms with van der Waals surface area (Å²) in [4.78, 5) is 32.4. The van der Waals surface area contributed by atoms with Crippen molar-refractivity contribution in [2.45, 2.75) is 12.8 Å². The van der Waals surface area contributed by atoms with Gasteiger partial charge >= 0.3 is 5.69 Å². The van der Waals surface area contributed by atoms with Gasteiger partial charge in [-0.1, -0.05) is 12.1 Å². The Bertz CT molecular complexity index is 748. The Balaban J connectivity index is 1.98. The Morgan fingerprint density at radius 1 is 1.27 bits per heavy atom. The van der Waals surface area contributed by atoms with E-state index in [9.17, 15) is 9.59 Å². The van der Waals surface area contributed by atoms with Gasteiger partial charge in [0.25, 0.3) is 5.91 Å². The molecule has 1 aliphatic rings. The molecule has 0 saturated carbocycles. The number of ether oxygens (including phenoxy) is 1. The van der Waals surface area contributed by atoms with Gasteiger partial charge in [-0.15, -0.1) is 0 Å². The van der Waals surface area contributed by atoms with E-state index in [0.29, 0.717) is 11.4 Å². The van der Waals surface area contributed by atoms with Crippen LogP contribution in [0.2, 0.25) is 0 Å². The fraction of sp³-hybridized carbons (Fsp3) is 0.312. The molecule has 6 heteroatoms. The number of benzene rings is 1. The van der Waals surface area contributed by atoms with E-state index >= 15 is 0 Å². The lowest BCUT2D eigenvalue weighted by atomic mass is 10.1. The standard InChI is InChI=1S/C16H17N3O3/c1-22-12-6-4-5-11(9-12)13-10-14(18-16(21)17-13)15(20)19-7-2-3-8-19/h4-6,9-10H,2-3,7-8H2,1H3,(H,17,18,21). The predicted molar refractivity (Wildman–Crippen MR) is 82.0 cm³/mol. The minimum absolute atomic E-state index is 0.152. The molecule has 2 aromatic rings. The molecule has 6 nitrogen and oxygen atoms in total. The van der Waals surface area contributed by atoms with Crippen molar-refractivity contribution in [3.63, 3.8) is 0 Å². The second-order valence-electron chi connectivity index (χ2n) is 5.22. The third-order valence-electron chi connectivity index (χ3n) is 3.73. The molecule has 1 aliphatic heterocycles. The van der Waals surface area contributed by atoms with Crippen LogP contribution in [0.3, 0.4) is 0 Å². The minimum atomic E-state index is -0.525. The summed E-state index contributed by atoms with van der Waals surface area (Å²) in [5.74, 6) is 0.521. The third kappa shape index (κ3) is 2.86. The molecule has 0 bridgehead atoms. The van der Waals surface area contributed by atoms with Crippen LogP contribution in [0.4, 0.5) is 0 Å². The number of carbonyl (C=O) groups is 1. The zero-order valence-electron chi connectivity index (χ0n) is 12.3. The summed E-state index contributed by atoms with van der Waals surface area (Å²) in [6.07, 6.45) is 2.01. The third-order valence-corrected chi connectivity index (χ3v) is 3.73. The summed E-state index contributed by atoms with van der Waals surface area (Å²) in [5.41, 5.74) is 0.953. The molecule has 2 heterocycles. The monoisotopic (exact) mass is 299 g/mol. The summed E-state index contributed by atoms with van der Waals surface area (Å²) < 4.78 is 5.18. The van der Waals surface area contributed by atoms with Crippen molar-refractivity contribution in [1.82, 2.24) is 14.9 Å². The zero-order valence-corrected chi connectivity index (χ0v) is 12.3. The topological polar surface area (TPSA) is 75.3 Å². The summed E-state index contributed by atoms with van der Waals surface area (Å²) >= 11 is 0. The Morgan fingerprint density at radius 2 is 2.05 bits per heavy atom. The molecule has 0 atom stereocenters. The summed E-state index contributed by atoms with van der Waals surface area (Å²) in [6, 6.07) is 8.86. The summed E-state index contributed by atoms with van der Waals surface area (Å²) in [5, 5.41) is 0. The van der Waals surface area contributed by atoms with Crippen molar-refractivity contribution in [3.05, 3.63) is 46.5 Å². The van der Waals surface area contributed by atoms with Gasteiger partial charge in [0.05, 0.1) is 12.8 Å². The van der Waals surface area contributed by atoms with E-state index in [4.69, 9.17) is 4.74 Å². The highest BCUT2D eigenvalue weighted by Gasteiger charge is 2.21. The van der Waals surface area contributed by atoms with E-state index < -0.39 is 5.69 Å². The van der Waals surface area contributed by atoms with Crippen LogP contribution >= 0.6 is 0 Å². The molecular weight excluding hydrogens is 282 g/mol. The molecule has 1 aromatic carbocycles. The lowest BCUT2D eigenvalue weighted by molar-refractivity contribution is 0.0786. The number of H-pyrrole nitrogens is 1. The van der Waals surface area contributed by atoms with Gasteiger partial charge in [0.1, 0.15) is 11.4 Å². The molecule has 114 valence electrons. The van der Waals surface area contributed by atoms with Crippen molar-refractivity contribution in [3.8, 4) is 17.0 Å². The molecule has 0 spiro atoms. The van der Waals surface area contributed by atoms with Crippen LogP contribution in [0.1, 0.15) is 23.3 Å². The SMILES string of the molecule is COc1cccc(-c2cc(C(=O)N3CCCC3)[nH]c(=O)n2)c1. The van der Waals surface area contributed by atoms with Crippen molar-refractivity contribution < 1.29 is 9.53 Å². The van der Waals surface area contributed by atoms with Gasteiger partial charge in [0.2, 0.25) is 0 Å². The smallest absolute Gasteiger partial charge is 0.346 e. The highest BCUT2D eigenvalue weighted by atomic mass is 16.5. The maximum Gasteiger partial charge on any atom is 0.346 e. The number of hydrogen-bond acceptors (Lipinski definition) is 4. The van der Waals surface area contributed by atoms with Crippen molar-refractivity contribution in [1.29, 1.82) is 0 Å². The maximum atomic E-state index is 12.4. The number of aromatic amines is 1. The Kier molecular flexibility index (Phi) is 3.91. The predicted octanol–water partition coefficient (Wildman–Crippen LogP) is 1.68. The van der Waals surface area contributed by atoms with Gasteiger partial charge < -0.3 is 14.6 Å². The van der Waals surface area contributed by atoms with E-state index in [0.717, 1.165) is 31.5 Å². The number of nitrogens with zero attached hydrogens (tertiary/aromatic N) is 2. The molecule has 1 amide bonds. The Labute approximate surface area is 127 Å². The molecule has 22 heavy (non-hydrogen) atoms.